The van der Waals surface area contributed by atoms with Crippen molar-refractivity contribution in [3.8, 4) is 11.1 Å². The Morgan fingerprint density at radius 2 is 1.02 bits per heavy atom. The van der Waals surface area contributed by atoms with Gasteiger partial charge in [0.25, 0.3) is 11.8 Å². The van der Waals surface area contributed by atoms with Crippen molar-refractivity contribution >= 4 is 58.3 Å². The highest BCUT2D eigenvalue weighted by Gasteiger charge is 2.44. The number of benzene rings is 4. The second-order valence-electron chi connectivity index (χ2n) is 14.9. The van der Waals surface area contributed by atoms with Gasteiger partial charge in [0.2, 0.25) is 0 Å². The summed E-state index contributed by atoms with van der Waals surface area (Å²) in [7, 11) is 0. The Labute approximate surface area is 346 Å². The van der Waals surface area contributed by atoms with Crippen molar-refractivity contribution in [2.24, 2.45) is 0 Å². The van der Waals surface area contributed by atoms with E-state index in [2.05, 4.69) is 0 Å². The molecule has 8 rings (SSSR count). The smallest absolute Gasteiger partial charge is 0.326 e. The lowest BCUT2D eigenvalue weighted by atomic mass is 9.84. The normalized spacial score (nSPS) is 20.8. The predicted octanol–water partition coefficient (Wildman–Crippen LogP) is 11.3. The van der Waals surface area contributed by atoms with Gasteiger partial charge in [-0.2, -0.15) is 11.3 Å². The number of hydrogen-bond donors (Lipinski definition) is 2. The van der Waals surface area contributed by atoms with Gasteiger partial charge in [-0.25, -0.2) is 9.59 Å². The minimum Gasteiger partial charge on any atom is -0.480 e. The molecule has 294 valence electrons. The van der Waals surface area contributed by atoms with Gasteiger partial charge in [-0.15, -0.1) is 0 Å². The molecule has 2 amide bonds. The van der Waals surface area contributed by atoms with Crippen LogP contribution in [0.15, 0.2) is 114 Å². The zero-order valence-corrected chi connectivity index (χ0v) is 33.6. The van der Waals surface area contributed by atoms with Crippen molar-refractivity contribution in [1.29, 1.82) is 0 Å². The molecule has 1 aliphatic carbocycles. The fourth-order valence-corrected chi connectivity index (χ4v) is 9.83. The van der Waals surface area contributed by atoms with Gasteiger partial charge in [-0.3, -0.25) is 9.59 Å². The molecule has 3 heterocycles. The number of carbonyl (C=O) groups excluding carboxylic acids is 2. The lowest BCUT2D eigenvalue weighted by Crippen LogP contribution is -2.41. The van der Waals surface area contributed by atoms with E-state index in [0.717, 1.165) is 22.3 Å². The molecule has 0 unspecified atom stereocenters. The van der Waals surface area contributed by atoms with Crippen molar-refractivity contribution < 1.29 is 29.4 Å². The largest absolute Gasteiger partial charge is 0.480 e. The molecule has 2 aliphatic heterocycles. The Bertz CT molecular complexity index is 2200. The van der Waals surface area contributed by atoms with E-state index >= 15 is 0 Å². The van der Waals surface area contributed by atoms with E-state index in [1.807, 2.05) is 89.6 Å². The molecule has 4 aromatic carbocycles. The molecule has 0 radical (unpaired) electrons. The maximum Gasteiger partial charge on any atom is 0.326 e. The molecule has 2 saturated heterocycles. The summed E-state index contributed by atoms with van der Waals surface area (Å²) in [6.45, 7) is 0. The van der Waals surface area contributed by atoms with Crippen molar-refractivity contribution in [2.45, 2.75) is 87.9 Å². The zero-order chi connectivity index (χ0) is 40.1. The maximum atomic E-state index is 13.4. The third-order valence-corrected chi connectivity index (χ3v) is 12.9. The van der Waals surface area contributed by atoms with Gasteiger partial charge in [-0.05, 0) is 125 Å². The molecule has 1 aromatic heterocycles. The number of carbonyl (C=O) groups is 4. The molecule has 4 atom stereocenters. The number of likely N-dealkylation sites (tertiary alicyclic amines) is 2. The molecule has 11 heteroatoms. The second-order valence-corrected chi connectivity index (χ2v) is 16.5. The van der Waals surface area contributed by atoms with E-state index < -0.39 is 24.0 Å². The molecule has 57 heavy (non-hydrogen) atoms. The number of halogens is 2. The highest BCUT2D eigenvalue weighted by molar-refractivity contribution is 7.08. The summed E-state index contributed by atoms with van der Waals surface area (Å²) in [4.78, 5) is 53.3. The lowest BCUT2D eigenvalue weighted by molar-refractivity contribution is -0.142. The van der Waals surface area contributed by atoms with E-state index in [1.165, 1.54) is 47.5 Å². The average molecular weight is 824 g/mol. The molecule has 2 N–H and O–H groups in total. The van der Waals surface area contributed by atoms with Crippen molar-refractivity contribution in [2.75, 3.05) is 0 Å². The minimum absolute atomic E-state index is 0.241. The summed E-state index contributed by atoms with van der Waals surface area (Å²) >= 11 is 14.3. The van der Waals surface area contributed by atoms with Gasteiger partial charge < -0.3 is 20.0 Å². The van der Waals surface area contributed by atoms with Gasteiger partial charge in [-0.1, -0.05) is 103 Å². The van der Waals surface area contributed by atoms with E-state index in [1.54, 1.807) is 35.6 Å². The summed E-state index contributed by atoms with van der Waals surface area (Å²) < 4.78 is 0. The quantitative estimate of drug-likeness (QED) is 0.161. The van der Waals surface area contributed by atoms with Crippen LogP contribution in [0.3, 0.4) is 0 Å². The fourth-order valence-electron chi connectivity index (χ4n) is 8.64. The molecular weight excluding hydrogens is 779 g/mol. The van der Waals surface area contributed by atoms with E-state index in [9.17, 15) is 29.4 Å². The van der Waals surface area contributed by atoms with Crippen LogP contribution in [0.5, 0.6) is 0 Å². The third-order valence-electron chi connectivity index (χ3n) is 11.6. The van der Waals surface area contributed by atoms with Crippen LogP contribution in [0.2, 0.25) is 10.0 Å². The SMILES string of the molecule is O=C(O)[C@@H]1CC[C@H](c2ccccc2Cl)N1C(=O)c1ccc(-c2ccsc2)cc1.O=C(O)[C@@H]1CC[C@H](c2ccccc2Cl)N1C(=O)c1ccc(C2CCCCC2)cc1. The highest BCUT2D eigenvalue weighted by atomic mass is 35.5. The molecule has 5 aromatic rings. The van der Waals surface area contributed by atoms with Gasteiger partial charge in [0.15, 0.2) is 0 Å². The van der Waals surface area contributed by atoms with E-state index in [4.69, 9.17) is 23.2 Å². The molecule has 3 aliphatic rings. The topological polar surface area (TPSA) is 115 Å². The third kappa shape index (κ3) is 8.81. The highest BCUT2D eigenvalue weighted by Crippen LogP contribution is 2.42. The Kier molecular flexibility index (Phi) is 12.8. The van der Waals surface area contributed by atoms with Crippen molar-refractivity contribution in [3.05, 3.63) is 152 Å². The van der Waals surface area contributed by atoms with Crippen molar-refractivity contribution in [3.63, 3.8) is 0 Å². The number of amides is 2. The molecule has 8 nitrogen and oxygen atoms in total. The molecular formula is C46H44Cl2N2O6S. The van der Waals surface area contributed by atoms with Crippen LogP contribution in [-0.4, -0.2) is 55.8 Å². The van der Waals surface area contributed by atoms with Gasteiger partial charge in [0.05, 0.1) is 12.1 Å². The lowest BCUT2D eigenvalue weighted by Gasteiger charge is -2.29. The Morgan fingerprint density at radius 1 is 0.544 bits per heavy atom. The summed E-state index contributed by atoms with van der Waals surface area (Å²) in [5.74, 6) is -1.91. The van der Waals surface area contributed by atoms with Gasteiger partial charge in [0.1, 0.15) is 12.1 Å². The van der Waals surface area contributed by atoms with Crippen LogP contribution in [0.25, 0.3) is 11.1 Å². The first-order valence-electron chi connectivity index (χ1n) is 19.4. The first-order chi connectivity index (χ1) is 27.6. The zero-order valence-electron chi connectivity index (χ0n) is 31.3. The summed E-state index contributed by atoms with van der Waals surface area (Å²) in [6.07, 6.45) is 8.23. The predicted molar refractivity (Wildman–Crippen MR) is 224 cm³/mol. The number of carboxylic acids is 2. The van der Waals surface area contributed by atoms with Crippen LogP contribution in [0.1, 0.15) is 113 Å². The molecule has 0 spiro atoms. The van der Waals surface area contributed by atoms with Gasteiger partial charge >= 0.3 is 11.9 Å². The Balaban J connectivity index is 0.000000174. The van der Waals surface area contributed by atoms with Crippen LogP contribution in [-0.2, 0) is 9.59 Å². The first-order valence-corrected chi connectivity index (χ1v) is 21.1. The Morgan fingerprint density at radius 3 is 1.46 bits per heavy atom. The van der Waals surface area contributed by atoms with E-state index in [0.29, 0.717) is 52.8 Å². The first kappa shape index (κ1) is 40.2. The maximum absolute atomic E-state index is 13.4. The number of aliphatic carboxylic acids is 2. The fraction of sp³-hybridized carbons (Fsp3) is 0.304. The van der Waals surface area contributed by atoms with Crippen LogP contribution in [0.4, 0.5) is 0 Å². The van der Waals surface area contributed by atoms with Crippen LogP contribution >= 0.6 is 34.5 Å². The van der Waals surface area contributed by atoms with Gasteiger partial charge in [0, 0.05) is 21.2 Å². The van der Waals surface area contributed by atoms with Crippen LogP contribution < -0.4 is 0 Å². The molecule has 0 bridgehead atoms. The number of carboxylic acid groups (broad SMARTS) is 2. The number of nitrogens with zero attached hydrogens (tertiary/aromatic N) is 2. The van der Waals surface area contributed by atoms with Crippen molar-refractivity contribution in [1.82, 2.24) is 9.80 Å². The monoisotopic (exact) mass is 822 g/mol. The number of rotatable bonds is 8. The average Bonchev–Trinajstić information content (AvgIpc) is 4.03. The Hall–Kier alpha value is -4.96. The summed E-state index contributed by atoms with van der Waals surface area (Å²) in [5.41, 5.74) is 6.01. The number of thiophene rings is 1. The summed E-state index contributed by atoms with van der Waals surface area (Å²) in [6, 6.07) is 29.4. The standard InChI is InChI=1S/C24H26ClNO3.C22H18ClNO3S/c25-20-9-5-4-8-19(20)21-14-15-22(24(28)29)26(21)23(27)18-12-10-17(11-13-18)16-6-2-1-3-7-16;23-18-4-2-1-3-17(18)19-9-10-20(22(26)27)24(19)21(25)15-7-5-14(6-8-15)16-11-12-28-13-16/h4-5,8-13,16,21-22H,1-3,6-7,14-15H2,(H,28,29);1-8,11-13,19-20H,9-10H2,(H,26,27)/t21-,22+;19-,20+/m11/s1. The molecule has 1 saturated carbocycles. The minimum atomic E-state index is -0.988. The molecule has 3 fully saturated rings. The second kappa shape index (κ2) is 18.1. The van der Waals surface area contributed by atoms with Crippen LogP contribution in [0, 0.1) is 0 Å². The summed E-state index contributed by atoms with van der Waals surface area (Å²) in [5, 5.41) is 24.5. The van der Waals surface area contributed by atoms with E-state index in [-0.39, 0.29) is 23.9 Å². The number of hydrogen-bond acceptors (Lipinski definition) is 5.